The number of nitrogens with zero attached hydrogens (tertiary/aromatic N) is 2. The molecule has 44 valence electrons. The molecule has 1 rings (SSSR count). The molecule has 8 heavy (non-hydrogen) atoms. The summed E-state index contributed by atoms with van der Waals surface area (Å²) in [6, 6.07) is 0.0156. The van der Waals surface area contributed by atoms with Crippen molar-refractivity contribution in [3.63, 3.8) is 0 Å². The minimum Gasteiger partial charge on any atom is -0.452 e. The lowest BCUT2D eigenvalue weighted by atomic mass is 11.2. The van der Waals surface area contributed by atoms with Gasteiger partial charge >= 0.3 is 12.1 Å². The Bertz CT molecular complexity index is 173. The summed E-state index contributed by atoms with van der Waals surface area (Å²) < 4.78 is 9.08. The van der Waals surface area contributed by atoms with E-state index in [0.29, 0.717) is 0 Å². The van der Waals surface area contributed by atoms with Crippen LogP contribution in [0.1, 0.15) is 0 Å². The number of rotatable bonds is 1. The summed E-state index contributed by atoms with van der Waals surface area (Å²) in [5, 5.41) is 6.69. The van der Waals surface area contributed by atoms with Gasteiger partial charge in [-0.25, -0.2) is 0 Å². The number of nitrogen functional groups attached to an aromatic ring is 1. The van der Waals surface area contributed by atoms with E-state index >= 15 is 0 Å². The van der Waals surface area contributed by atoms with E-state index in [1.807, 2.05) is 0 Å². The molecule has 1 aromatic heterocycles. The molecular weight excluding hydrogens is 110 g/mol. The van der Waals surface area contributed by atoms with Crippen LogP contribution in [0.5, 0.6) is 6.08 Å². The second kappa shape index (κ2) is 1.69. The second-order valence-electron chi connectivity index (χ2n) is 1.11. The number of hydrogen-bond acceptors (Lipinski definition) is 5. The maximum atomic E-state index is 5.03. The van der Waals surface area contributed by atoms with Crippen LogP contribution in [0.2, 0.25) is 0 Å². The molecule has 0 aliphatic carbocycles. The molecule has 1 heterocycles. The SMILES string of the molecule is COc1nnc(N)o1. The Morgan fingerprint density at radius 2 is 2.38 bits per heavy atom. The molecule has 0 unspecified atom stereocenters. The Morgan fingerprint density at radius 3 is 2.62 bits per heavy atom. The van der Waals surface area contributed by atoms with Gasteiger partial charge < -0.3 is 14.9 Å². The summed E-state index contributed by atoms with van der Waals surface area (Å²) in [6.07, 6.45) is 0.0856. The Labute approximate surface area is 45.5 Å². The van der Waals surface area contributed by atoms with Crippen LogP contribution in [0, 0.1) is 0 Å². The predicted molar refractivity (Wildman–Crippen MR) is 25.3 cm³/mol. The monoisotopic (exact) mass is 115 g/mol. The van der Waals surface area contributed by atoms with E-state index in [4.69, 9.17) is 5.73 Å². The van der Waals surface area contributed by atoms with Crippen molar-refractivity contribution in [1.82, 2.24) is 10.2 Å². The van der Waals surface area contributed by atoms with Crippen LogP contribution in [0.15, 0.2) is 4.42 Å². The van der Waals surface area contributed by atoms with Crippen LogP contribution in [-0.2, 0) is 0 Å². The summed E-state index contributed by atoms with van der Waals surface area (Å²) in [6.45, 7) is 0. The van der Waals surface area contributed by atoms with Crippen molar-refractivity contribution in [2.75, 3.05) is 12.8 Å². The zero-order valence-corrected chi connectivity index (χ0v) is 4.29. The highest BCUT2D eigenvalue weighted by atomic mass is 16.6. The number of hydrogen-bond donors (Lipinski definition) is 1. The third-order valence-corrected chi connectivity index (χ3v) is 0.597. The van der Waals surface area contributed by atoms with Crippen molar-refractivity contribution in [2.24, 2.45) is 0 Å². The van der Waals surface area contributed by atoms with Crippen molar-refractivity contribution < 1.29 is 9.15 Å². The molecule has 1 aromatic rings. The molecule has 0 fully saturated rings. The highest BCUT2D eigenvalue weighted by molar-refractivity contribution is 5.06. The quantitative estimate of drug-likeness (QED) is 0.542. The lowest BCUT2D eigenvalue weighted by Gasteiger charge is -1.82. The fraction of sp³-hybridized carbons (Fsp3) is 0.333. The van der Waals surface area contributed by atoms with Crippen molar-refractivity contribution in [1.29, 1.82) is 0 Å². The molecule has 5 heteroatoms. The van der Waals surface area contributed by atoms with Gasteiger partial charge in [0.05, 0.1) is 7.11 Å². The minimum absolute atomic E-state index is 0.0156. The van der Waals surface area contributed by atoms with Crippen molar-refractivity contribution in [2.45, 2.75) is 0 Å². The van der Waals surface area contributed by atoms with Crippen molar-refractivity contribution in [3.05, 3.63) is 0 Å². The summed E-state index contributed by atoms with van der Waals surface area (Å²) in [4.78, 5) is 0. The molecule has 0 saturated carbocycles. The van der Waals surface area contributed by atoms with Gasteiger partial charge in [-0.2, -0.15) is 0 Å². The molecule has 0 atom stereocenters. The number of methoxy groups -OCH3 is 1. The standard InChI is InChI=1S/C3H5N3O2/c1-7-3-6-5-2(4)8-3/h1H3,(H2,4,5). The number of ether oxygens (including phenoxy) is 1. The molecule has 0 aliphatic rings. The Hall–Kier alpha value is -1.26. The molecule has 5 nitrogen and oxygen atoms in total. The molecule has 2 N–H and O–H groups in total. The molecule has 0 saturated heterocycles. The average Bonchev–Trinajstić information content (AvgIpc) is 2.14. The predicted octanol–water partition coefficient (Wildman–Crippen LogP) is -0.340. The van der Waals surface area contributed by atoms with Gasteiger partial charge in [0.1, 0.15) is 0 Å². The first-order chi connectivity index (χ1) is 3.83. The topological polar surface area (TPSA) is 74.2 Å². The third-order valence-electron chi connectivity index (χ3n) is 0.597. The summed E-state index contributed by atoms with van der Waals surface area (Å²) in [7, 11) is 1.42. The van der Waals surface area contributed by atoms with Crippen molar-refractivity contribution >= 4 is 6.01 Å². The maximum absolute atomic E-state index is 5.03. The van der Waals surface area contributed by atoms with Crippen LogP contribution < -0.4 is 10.5 Å². The van der Waals surface area contributed by atoms with Gasteiger partial charge in [-0.3, -0.25) is 0 Å². The summed E-state index contributed by atoms with van der Waals surface area (Å²) in [5.74, 6) is 0. The van der Waals surface area contributed by atoms with Gasteiger partial charge in [-0.15, -0.1) is 0 Å². The summed E-state index contributed by atoms with van der Waals surface area (Å²) in [5.41, 5.74) is 5.03. The first-order valence-corrected chi connectivity index (χ1v) is 1.96. The average molecular weight is 115 g/mol. The zero-order valence-electron chi connectivity index (χ0n) is 4.29. The Kier molecular flexibility index (Phi) is 1.03. The van der Waals surface area contributed by atoms with Crippen LogP contribution in [-0.4, -0.2) is 17.3 Å². The van der Waals surface area contributed by atoms with Crippen LogP contribution >= 0.6 is 0 Å². The maximum Gasteiger partial charge on any atom is 0.415 e. The summed E-state index contributed by atoms with van der Waals surface area (Å²) >= 11 is 0. The fourth-order valence-corrected chi connectivity index (χ4v) is 0.303. The highest BCUT2D eigenvalue weighted by Gasteiger charge is 1.97. The van der Waals surface area contributed by atoms with Gasteiger partial charge in [0.25, 0.3) is 0 Å². The normalized spacial score (nSPS) is 9.12. The van der Waals surface area contributed by atoms with E-state index < -0.39 is 0 Å². The molecule has 0 radical (unpaired) electrons. The number of aromatic nitrogens is 2. The zero-order chi connectivity index (χ0) is 5.98. The van der Waals surface area contributed by atoms with Crippen LogP contribution in [0.4, 0.5) is 6.01 Å². The molecule has 0 aliphatic heterocycles. The first-order valence-electron chi connectivity index (χ1n) is 1.96. The number of anilines is 1. The Morgan fingerprint density at radius 1 is 1.62 bits per heavy atom. The van der Waals surface area contributed by atoms with E-state index in [2.05, 4.69) is 19.4 Å². The van der Waals surface area contributed by atoms with Gasteiger partial charge in [0.2, 0.25) is 0 Å². The van der Waals surface area contributed by atoms with E-state index in [-0.39, 0.29) is 12.1 Å². The van der Waals surface area contributed by atoms with E-state index in [9.17, 15) is 0 Å². The smallest absolute Gasteiger partial charge is 0.415 e. The third kappa shape index (κ3) is 0.699. The van der Waals surface area contributed by atoms with Crippen LogP contribution in [0.25, 0.3) is 0 Å². The minimum atomic E-state index is 0.0156. The molecule has 0 aromatic carbocycles. The molecule has 0 spiro atoms. The lowest BCUT2D eigenvalue weighted by molar-refractivity contribution is 0.294. The largest absolute Gasteiger partial charge is 0.452 e. The molecular formula is C3H5N3O2. The highest BCUT2D eigenvalue weighted by Crippen LogP contribution is 2.06. The molecule has 0 bridgehead atoms. The lowest BCUT2D eigenvalue weighted by Crippen LogP contribution is -1.81. The van der Waals surface area contributed by atoms with Crippen LogP contribution in [0.3, 0.4) is 0 Å². The van der Waals surface area contributed by atoms with E-state index in [1.165, 1.54) is 7.11 Å². The molecule has 0 amide bonds. The van der Waals surface area contributed by atoms with Gasteiger partial charge in [0.15, 0.2) is 0 Å². The van der Waals surface area contributed by atoms with Gasteiger partial charge in [0, 0.05) is 0 Å². The first kappa shape index (κ1) is 4.89. The van der Waals surface area contributed by atoms with Gasteiger partial charge in [-0.05, 0) is 0 Å². The van der Waals surface area contributed by atoms with Crippen molar-refractivity contribution in [3.8, 4) is 6.08 Å². The van der Waals surface area contributed by atoms with Gasteiger partial charge in [-0.1, -0.05) is 10.2 Å². The second-order valence-corrected chi connectivity index (χ2v) is 1.11. The fourth-order valence-electron chi connectivity index (χ4n) is 0.303. The van der Waals surface area contributed by atoms with E-state index in [1.54, 1.807) is 0 Å². The Balaban J connectivity index is 2.84. The van der Waals surface area contributed by atoms with E-state index in [0.717, 1.165) is 0 Å². The number of nitrogens with two attached hydrogens (primary N) is 1.